The van der Waals surface area contributed by atoms with Crippen molar-refractivity contribution in [3.63, 3.8) is 0 Å². The summed E-state index contributed by atoms with van der Waals surface area (Å²) in [6, 6.07) is 0. The maximum atomic E-state index is 13.4. The lowest BCUT2D eigenvalue weighted by atomic mass is 9.97. The van der Waals surface area contributed by atoms with Gasteiger partial charge in [-0.2, -0.15) is 13.2 Å². The summed E-state index contributed by atoms with van der Waals surface area (Å²) in [5, 5.41) is 12.3. The number of ether oxygens (including phenoxy) is 1. The third-order valence-corrected chi connectivity index (χ3v) is 4.15. The predicted octanol–water partition coefficient (Wildman–Crippen LogP) is -0.0764. The van der Waals surface area contributed by atoms with Gasteiger partial charge in [0.15, 0.2) is 0 Å². The van der Waals surface area contributed by atoms with Crippen LogP contribution in [0, 0.1) is 0 Å². The van der Waals surface area contributed by atoms with Crippen LogP contribution in [0.3, 0.4) is 0 Å². The highest BCUT2D eigenvalue weighted by Gasteiger charge is 2.57. The van der Waals surface area contributed by atoms with Gasteiger partial charge in [0.25, 0.3) is 0 Å². The second kappa shape index (κ2) is 7.62. The number of aryl methyl sites for hydroxylation is 1. The van der Waals surface area contributed by atoms with Crippen molar-refractivity contribution in [2.24, 2.45) is 7.05 Å². The van der Waals surface area contributed by atoms with Gasteiger partial charge in [0, 0.05) is 45.5 Å². The minimum atomic E-state index is -5.00. The molecule has 2 rings (SSSR count). The molecule has 2 amide bonds. The number of rotatable bonds is 4. The third kappa shape index (κ3) is 4.15. The molecule has 1 saturated heterocycles. The minimum Gasteiger partial charge on any atom is -0.375 e. The van der Waals surface area contributed by atoms with Crippen LogP contribution in [0.1, 0.15) is 19.2 Å². The molecule has 2 unspecified atom stereocenters. The number of amides is 2. The summed E-state index contributed by atoms with van der Waals surface area (Å²) in [4.78, 5) is 28.8. The minimum absolute atomic E-state index is 0.223. The Labute approximate surface area is 147 Å². The number of alkyl halides is 3. The van der Waals surface area contributed by atoms with E-state index < -0.39 is 42.4 Å². The van der Waals surface area contributed by atoms with Crippen molar-refractivity contribution in [3.05, 3.63) is 18.2 Å². The van der Waals surface area contributed by atoms with Gasteiger partial charge in [-0.3, -0.25) is 9.59 Å². The van der Waals surface area contributed by atoms with Crippen molar-refractivity contribution < 1.29 is 32.6 Å². The van der Waals surface area contributed by atoms with Crippen LogP contribution in [0.4, 0.5) is 13.2 Å². The van der Waals surface area contributed by atoms with E-state index in [2.05, 4.69) is 10.3 Å². The zero-order valence-corrected chi connectivity index (χ0v) is 14.4. The molecule has 0 saturated carbocycles. The van der Waals surface area contributed by atoms with Crippen molar-refractivity contribution in [2.45, 2.75) is 31.2 Å². The van der Waals surface area contributed by atoms with E-state index in [1.807, 2.05) is 0 Å². The first-order chi connectivity index (χ1) is 12.1. The van der Waals surface area contributed by atoms with Gasteiger partial charge < -0.3 is 24.6 Å². The number of imidazole rings is 1. The first-order valence-corrected chi connectivity index (χ1v) is 8.02. The Bertz CT molecular complexity index is 664. The molecule has 146 valence electrons. The van der Waals surface area contributed by atoms with E-state index in [9.17, 15) is 27.9 Å². The van der Waals surface area contributed by atoms with Gasteiger partial charge in [0.2, 0.25) is 5.60 Å². The SMILES string of the molecule is CC1CN(C(=O)C(=O)NCCC(O)(c2nccn2C)C(F)(F)F)CCO1. The first kappa shape index (κ1) is 20.2. The summed E-state index contributed by atoms with van der Waals surface area (Å²) in [6.45, 7) is 1.94. The molecule has 2 heterocycles. The molecular weight excluding hydrogens is 357 g/mol. The normalized spacial score (nSPS) is 20.5. The van der Waals surface area contributed by atoms with Crippen molar-refractivity contribution in [3.8, 4) is 0 Å². The molecule has 8 nitrogen and oxygen atoms in total. The van der Waals surface area contributed by atoms with Gasteiger partial charge in [0.1, 0.15) is 5.82 Å². The van der Waals surface area contributed by atoms with Crippen molar-refractivity contribution in [1.29, 1.82) is 0 Å². The van der Waals surface area contributed by atoms with Crippen LogP contribution in [0.25, 0.3) is 0 Å². The number of carbonyl (C=O) groups is 2. The van der Waals surface area contributed by atoms with E-state index in [-0.39, 0.29) is 25.8 Å². The highest BCUT2D eigenvalue weighted by Crippen LogP contribution is 2.40. The zero-order valence-electron chi connectivity index (χ0n) is 14.4. The van der Waals surface area contributed by atoms with Crippen LogP contribution >= 0.6 is 0 Å². The highest BCUT2D eigenvalue weighted by atomic mass is 19.4. The average Bonchev–Trinajstić information content (AvgIpc) is 2.99. The fraction of sp³-hybridized carbons (Fsp3) is 0.667. The van der Waals surface area contributed by atoms with Gasteiger partial charge in [-0.25, -0.2) is 4.98 Å². The summed E-state index contributed by atoms with van der Waals surface area (Å²) in [5.41, 5.74) is -3.24. The molecule has 0 aromatic carbocycles. The van der Waals surface area contributed by atoms with E-state index in [0.29, 0.717) is 0 Å². The third-order valence-electron chi connectivity index (χ3n) is 4.15. The van der Waals surface area contributed by atoms with E-state index >= 15 is 0 Å². The molecule has 0 bridgehead atoms. The topological polar surface area (TPSA) is 96.7 Å². The summed E-state index contributed by atoms with van der Waals surface area (Å²) >= 11 is 0. The number of aliphatic hydroxyl groups is 1. The van der Waals surface area contributed by atoms with Crippen molar-refractivity contribution >= 4 is 11.8 Å². The van der Waals surface area contributed by atoms with Gasteiger partial charge in [-0.15, -0.1) is 0 Å². The van der Waals surface area contributed by atoms with E-state index in [1.165, 1.54) is 18.1 Å². The van der Waals surface area contributed by atoms with Gasteiger partial charge in [-0.1, -0.05) is 0 Å². The standard InChI is InChI=1S/C15H21F3N4O4/c1-10-9-22(7-8-26-10)12(24)11(23)19-4-3-14(25,15(16,17)18)13-20-5-6-21(13)2/h5-6,10,25H,3-4,7-9H2,1-2H3,(H,19,23). The molecular formula is C15H21F3N4O4. The van der Waals surface area contributed by atoms with Crippen LogP contribution < -0.4 is 5.32 Å². The second-order valence-electron chi connectivity index (χ2n) is 6.16. The quantitative estimate of drug-likeness (QED) is 0.715. The van der Waals surface area contributed by atoms with Crippen LogP contribution in [0.5, 0.6) is 0 Å². The summed E-state index contributed by atoms with van der Waals surface area (Å²) in [7, 11) is 1.32. The van der Waals surface area contributed by atoms with E-state index in [4.69, 9.17) is 4.74 Å². The highest BCUT2D eigenvalue weighted by molar-refractivity contribution is 6.35. The molecule has 1 aromatic rings. The number of nitrogens with zero attached hydrogens (tertiary/aromatic N) is 3. The van der Waals surface area contributed by atoms with Crippen molar-refractivity contribution in [2.75, 3.05) is 26.2 Å². The Hall–Kier alpha value is -2.14. The van der Waals surface area contributed by atoms with Crippen LogP contribution in [0.15, 0.2) is 12.4 Å². The Morgan fingerprint density at radius 2 is 2.15 bits per heavy atom. The monoisotopic (exact) mass is 378 g/mol. The lowest BCUT2D eigenvalue weighted by molar-refractivity contribution is -0.272. The van der Waals surface area contributed by atoms with Gasteiger partial charge in [0.05, 0.1) is 12.7 Å². The number of halogens is 3. The smallest absolute Gasteiger partial charge is 0.375 e. The van der Waals surface area contributed by atoms with Crippen molar-refractivity contribution in [1.82, 2.24) is 19.8 Å². The van der Waals surface area contributed by atoms with Crippen LogP contribution in [-0.4, -0.2) is 69.9 Å². The molecule has 0 spiro atoms. The fourth-order valence-electron chi connectivity index (χ4n) is 2.72. The number of morpholine rings is 1. The van der Waals surface area contributed by atoms with E-state index in [0.717, 1.165) is 10.8 Å². The Kier molecular flexibility index (Phi) is 5.91. The largest absolute Gasteiger partial charge is 0.424 e. The number of carbonyl (C=O) groups excluding carboxylic acids is 2. The Morgan fingerprint density at radius 3 is 2.69 bits per heavy atom. The molecule has 2 N–H and O–H groups in total. The average molecular weight is 378 g/mol. The second-order valence-corrected chi connectivity index (χ2v) is 6.16. The number of hydrogen-bond acceptors (Lipinski definition) is 5. The predicted molar refractivity (Wildman–Crippen MR) is 82.8 cm³/mol. The maximum absolute atomic E-state index is 13.4. The molecule has 2 atom stereocenters. The van der Waals surface area contributed by atoms with Crippen LogP contribution in [0.2, 0.25) is 0 Å². The summed E-state index contributed by atoms with van der Waals surface area (Å²) in [6.07, 6.45) is -3.69. The molecule has 11 heteroatoms. The fourth-order valence-corrected chi connectivity index (χ4v) is 2.72. The molecule has 1 aromatic heterocycles. The molecule has 1 aliphatic rings. The van der Waals surface area contributed by atoms with E-state index in [1.54, 1.807) is 6.92 Å². The maximum Gasteiger partial charge on any atom is 0.424 e. The number of aromatic nitrogens is 2. The molecule has 1 aliphatic heterocycles. The molecule has 0 radical (unpaired) electrons. The molecule has 26 heavy (non-hydrogen) atoms. The Balaban J connectivity index is 1.98. The zero-order chi connectivity index (χ0) is 19.5. The molecule has 1 fully saturated rings. The number of hydrogen-bond donors (Lipinski definition) is 2. The lowest BCUT2D eigenvalue weighted by Gasteiger charge is -2.31. The number of nitrogens with one attached hydrogen (secondary N) is 1. The first-order valence-electron chi connectivity index (χ1n) is 8.02. The summed E-state index contributed by atoms with van der Waals surface area (Å²) in [5.74, 6) is -2.45. The lowest BCUT2D eigenvalue weighted by Crippen LogP contribution is -2.51. The van der Waals surface area contributed by atoms with Gasteiger partial charge in [-0.05, 0) is 6.92 Å². The Morgan fingerprint density at radius 1 is 1.46 bits per heavy atom. The summed E-state index contributed by atoms with van der Waals surface area (Å²) < 4.78 is 46.4. The molecule has 0 aliphatic carbocycles. The van der Waals surface area contributed by atoms with Crippen LogP contribution in [-0.2, 0) is 27.0 Å². The van der Waals surface area contributed by atoms with Gasteiger partial charge >= 0.3 is 18.0 Å².